The third kappa shape index (κ3) is 44.0. The third-order valence-electron chi connectivity index (χ3n) is 0. The van der Waals surface area contributed by atoms with Crippen molar-refractivity contribution in [3.63, 3.8) is 0 Å². The average Bonchev–Trinajstić information content (AvgIpc) is 0.722. The topological polar surface area (TPSA) is 77.8 Å². The third-order valence-corrected chi connectivity index (χ3v) is 0. The molecule has 0 aliphatic rings. The minimum absolute atomic E-state index is 0. The van der Waals surface area contributed by atoms with E-state index in [2.05, 4.69) is 0 Å². The summed E-state index contributed by atoms with van der Waals surface area (Å²) in [5.41, 5.74) is 0. The molecule has 0 heterocycles. The molecule has 0 fully saturated rings. The van der Waals surface area contributed by atoms with Gasteiger partial charge < -0.3 is 14.7 Å². The minimum atomic E-state index is -4.64. The molecule has 0 unspecified atom stereocenters. The maximum absolute atomic E-state index is 8.88. The van der Waals surface area contributed by atoms with Gasteiger partial charge in [-0.15, -0.1) is 0 Å². The van der Waals surface area contributed by atoms with Crippen LogP contribution < -0.4 is 0 Å². The molecule has 0 aromatic heterocycles. The Morgan fingerprint density at radius 2 is 1.17 bits per heavy atom. The Morgan fingerprint density at radius 1 is 1.17 bits per heavy atom. The molecule has 6 heteroatoms. The van der Waals surface area contributed by atoms with Gasteiger partial charge in [0, 0.05) is 0 Å². The zero-order valence-electron chi connectivity index (χ0n) is 2.20. The van der Waals surface area contributed by atoms with Crippen molar-refractivity contribution in [2.24, 2.45) is 0 Å². The van der Waals surface area contributed by atoms with Crippen LogP contribution in [0.25, 0.3) is 0 Å². The Kier molecular flexibility index (Phi) is 6.47. The van der Waals surface area contributed by atoms with E-state index in [0.717, 1.165) is 0 Å². The molecule has 4 nitrogen and oxygen atoms in total. The van der Waals surface area contributed by atoms with Crippen LogP contribution in [0.15, 0.2) is 0 Å². The van der Waals surface area contributed by atoms with E-state index in [0.29, 0.717) is 0 Å². The molecule has 0 saturated heterocycles. The second-order valence-corrected chi connectivity index (χ2v) is 1.54. The molecular weight excluding hydrogens is 232 g/mol. The van der Waals surface area contributed by atoms with Gasteiger partial charge in [-0.25, -0.2) is 4.57 Å². The zero-order valence-corrected chi connectivity index (χ0v) is 3.09. The van der Waals surface area contributed by atoms with E-state index >= 15 is 0 Å². The molecule has 0 spiro atoms. The predicted molar refractivity (Wildman–Crippen MR) is 22.8 cm³/mol. The number of rotatable bonds is 0. The molecule has 3 N–H and O–H groups in total. The molecule has 6 heavy (non-hydrogen) atoms. The Hall–Kier alpha value is 1.68. The normalized spacial score (nSPS) is 9.83. The fraction of sp³-hybridized carbons (Fsp3) is 0. The molecule has 36 valence electrons. The molecule has 0 aliphatic heterocycles. The van der Waals surface area contributed by atoms with Crippen LogP contribution >= 0.6 is 7.82 Å². The fourth-order valence-electron chi connectivity index (χ4n) is 0. The molecule has 0 aromatic rings. The van der Waals surface area contributed by atoms with Crippen LogP contribution in [0.4, 0.5) is 0 Å². The van der Waals surface area contributed by atoms with Crippen molar-refractivity contribution in [1.82, 2.24) is 0 Å². The molecule has 0 bridgehead atoms. The van der Waals surface area contributed by atoms with Crippen molar-refractivity contribution in [1.29, 1.82) is 0 Å². The molecule has 0 rings (SSSR count). The van der Waals surface area contributed by atoms with E-state index in [1.807, 2.05) is 0 Å². The van der Waals surface area contributed by atoms with Crippen molar-refractivity contribution >= 4 is 56.7 Å². The second-order valence-electron chi connectivity index (χ2n) is 0.513. The maximum atomic E-state index is 8.88. The van der Waals surface area contributed by atoms with Gasteiger partial charge in [-0.3, -0.25) is 0 Å². The summed E-state index contributed by atoms with van der Waals surface area (Å²) < 4.78 is 8.88. The van der Waals surface area contributed by atoms with E-state index in [1.54, 1.807) is 0 Å². The summed E-state index contributed by atoms with van der Waals surface area (Å²) >= 11 is 0. The van der Waals surface area contributed by atoms with Gasteiger partial charge in [0.05, 0.1) is 0 Å². The average molecular weight is 237 g/mol. The van der Waals surface area contributed by atoms with Gasteiger partial charge in [-0.05, 0) is 0 Å². The predicted octanol–water partition coefficient (Wildman–Crippen LogP) is -1.84. The number of hydrogen-bond donors (Lipinski definition) is 3. The number of hydrogen-bond acceptors (Lipinski definition) is 1. The van der Waals surface area contributed by atoms with Gasteiger partial charge in [0.1, 0.15) is 0 Å². The van der Waals surface area contributed by atoms with Crippen LogP contribution in [-0.2, 0) is 4.57 Å². The van der Waals surface area contributed by atoms with Crippen LogP contribution in [0.2, 0.25) is 0 Å². The van der Waals surface area contributed by atoms with Gasteiger partial charge in [0.25, 0.3) is 0 Å². The van der Waals surface area contributed by atoms with Crippen LogP contribution in [-0.4, -0.2) is 63.6 Å². The van der Waals surface area contributed by atoms with Crippen LogP contribution in [0, 0.1) is 0 Å². The van der Waals surface area contributed by atoms with Crippen molar-refractivity contribution in [2.45, 2.75) is 0 Å². The SMILES string of the molecule is O=P(O)(O)O.[BaH2]. The molecule has 0 saturated carbocycles. The summed E-state index contributed by atoms with van der Waals surface area (Å²) in [4.78, 5) is 21.6. The summed E-state index contributed by atoms with van der Waals surface area (Å²) in [5.74, 6) is 0. The summed E-state index contributed by atoms with van der Waals surface area (Å²) in [7, 11) is -4.64. The zero-order chi connectivity index (χ0) is 4.50. The summed E-state index contributed by atoms with van der Waals surface area (Å²) in [6, 6.07) is 0. The standard InChI is InChI=1S/Ba.H3O4P.2H/c;1-5(2,3)4;;/h;(H3,1,2,3,4);;. The van der Waals surface area contributed by atoms with Gasteiger partial charge in [0.2, 0.25) is 0 Å². The van der Waals surface area contributed by atoms with Crippen molar-refractivity contribution in [2.75, 3.05) is 0 Å². The first-order chi connectivity index (χ1) is 2.00. The molecule has 0 atom stereocenters. The number of phosphoric acid groups is 1. The Morgan fingerprint density at radius 3 is 1.17 bits per heavy atom. The van der Waals surface area contributed by atoms with Crippen LogP contribution in [0.1, 0.15) is 0 Å². The van der Waals surface area contributed by atoms with E-state index in [1.165, 1.54) is 0 Å². The molecule has 0 radical (unpaired) electrons. The van der Waals surface area contributed by atoms with Gasteiger partial charge in [-0.1, -0.05) is 0 Å². The summed E-state index contributed by atoms with van der Waals surface area (Å²) in [6.07, 6.45) is 0. The van der Waals surface area contributed by atoms with Crippen molar-refractivity contribution in [3.05, 3.63) is 0 Å². The molecule has 0 aromatic carbocycles. The van der Waals surface area contributed by atoms with Gasteiger partial charge in [-0.2, -0.15) is 0 Å². The Bertz CT molecular complexity index is 53.7. The van der Waals surface area contributed by atoms with Crippen molar-refractivity contribution < 1.29 is 19.2 Å². The van der Waals surface area contributed by atoms with E-state index in [4.69, 9.17) is 19.2 Å². The first-order valence-electron chi connectivity index (χ1n) is 0.783. The summed E-state index contributed by atoms with van der Waals surface area (Å²) in [5, 5.41) is 0. The monoisotopic (exact) mass is 238 g/mol. The first kappa shape index (κ1) is 10.6. The van der Waals surface area contributed by atoms with Crippen LogP contribution in [0.5, 0.6) is 0 Å². The second kappa shape index (κ2) is 3.66. The van der Waals surface area contributed by atoms with E-state index in [9.17, 15) is 0 Å². The first-order valence-corrected chi connectivity index (χ1v) is 2.35. The molecular formula is H5BaO4P. The van der Waals surface area contributed by atoms with Gasteiger partial charge >= 0.3 is 56.7 Å². The van der Waals surface area contributed by atoms with Crippen LogP contribution in [0.3, 0.4) is 0 Å². The van der Waals surface area contributed by atoms with E-state index < -0.39 is 7.82 Å². The molecule has 0 aliphatic carbocycles. The van der Waals surface area contributed by atoms with E-state index in [-0.39, 0.29) is 48.9 Å². The Balaban J connectivity index is 0. The van der Waals surface area contributed by atoms with Gasteiger partial charge in [0.15, 0.2) is 0 Å². The summed E-state index contributed by atoms with van der Waals surface area (Å²) in [6.45, 7) is 0. The quantitative estimate of drug-likeness (QED) is 0.342. The van der Waals surface area contributed by atoms with Crippen molar-refractivity contribution in [3.8, 4) is 0 Å². The Labute approximate surface area is 74.9 Å². The molecule has 0 amide bonds. The fourth-order valence-corrected chi connectivity index (χ4v) is 0.